The van der Waals surface area contributed by atoms with Gasteiger partial charge in [-0.1, -0.05) is 140 Å². The number of amidine groups is 2. The van der Waals surface area contributed by atoms with Crippen LogP contribution >= 0.6 is 0 Å². The topological polar surface area (TPSA) is 68.0 Å². The van der Waals surface area contributed by atoms with Crippen molar-refractivity contribution in [1.82, 2.24) is 9.88 Å². The molecule has 10 aromatic carbocycles. The van der Waals surface area contributed by atoms with Crippen LogP contribution in [0.25, 0.3) is 104 Å². The molecule has 0 bridgehead atoms. The zero-order chi connectivity index (χ0) is 42.6. The average Bonchev–Trinajstić information content (AvgIpc) is 4.03. The summed E-state index contributed by atoms with van der Waals surface area (Å²) in [4.78, 5) is 10.9. The molecule has 304 valence electrons. The lowest BCUT2D eigenvalue weighted by molar-refractivity contribution is 0.659. The van der Waals surface area contributed by atoms with E-state index in [0.717, 1.165) is 88.4 Å². The maximum absolute atomic E-state index is 7.00. The maximum atomic E-state index is 7.00. The number of hydrogen-bond donors (Lipinski definition) is 1. The molecule has 0 saturated carbocycles. The molecular weight excluding hydrogens is 797 g/mol. The number of nitrogens with one attached hydrogen (secondary N) is 1. The van der Waals surface area contributed by atoms with Crippen molar-refractivity contribution in [1.29, 1.82) is 0 Å². The molecule has 4 heterocycles. The summed E-state index contributed by atoms with van der Waals surface area (Å²) < 4.78 is 15.7. The van der Waals surface area contributed by atoms with Crippen molar-refractivity contribution in [3.63, 3.8) is 0 Å². The van der Waals surface area contributed by atoms with Crippen molar-refractivity contribution in [3.05, 3.63) is 223 Å². The number of furan rings is 2. The molecule has 1 N–H and O–H groups in total. The van der Waals surface area contributed by atoms with Gasteiger partial charge >= 0.3 is 0 Å². The molecule has 0 aliphatic carbocycles. The second-order valence-electron chi connectivity index (χ2n) is 17.0. The Hall–Kier alpha value is -8.74. The summed E-state index contributed by atoms with van der Waals surface area (Å²) in [7, 11) is 0. The van der Waals surface area contributed by atoms with E-state index >= 15 is 0 Å². The number of fused-ring (bicyclic) bond motifs is 11. The molecule has 14 rings (SSSR count). The number of hydrogen-bond acceptors (Lipinski definition) is 5. The van der Waals surface area contributed by atoms with E-state index in [1.54, 1.807) is 0 Å². The molecule has 1 atom stereocenters. The van der Waals surface area contributed by atoms with Crippen LogP contribution in [0.5, 0.6) is 0 Å². The summed E-state index contributed by atoms with van der Waals surface area (Å²) in [6.07, 6.45) is -0.474. The van der Waals surface area contributed by atoms with E-state index in [0.29, 0.717) is 11.7 Å². The normalized spacial score (nSPS) is 14.3. The Morgan fingerprint density at radius 3 is 1.66 bits per heavy atom. The molecule has 0 amide bonds. The van der Waals surface area contributed by atoms with E-state index in [4.69, 9.17) is 18.8 Å². The first-order chi connectivity index (χ1) is 32.2. The minimum absolute atomic E-state index is 0.474. The van der Waals surface area contributed by atoms with Crippen LogP contribution in [0.4, 0.5) is 0 Å². The Labute approximate surface area is 372 Å². The summed E-state index contributed by atoms with van der Waals surface area (Å²) in [6.45, 7) is 0. The molecule has 1 aliphatic heterocycles. The Morgan fingerprint density at radius 1 is 0.415 bits per heavy atom. The lowest BCUT2D eigenvalue weighted by Crippen LogP contribution is -2.34. The SMILES string of the molecule is c1ccc(-c2ccc(C3N=C(c4ccc5oc6ccccc6c5c4)N=C(c4c(-n5c6cc7ccccc7cc6c6cc7ccccc7cc65)ccc5c4oc4ccccc45)N3)cc2)cc1. The molecule has 0 radical (unpaired) electrons. The van der Waals surface area contributed by atoms with E-state index in [1.807, 2.05) is 42.5 Å². The quantitative estimate of drug-likeness (QED) is 0.188. The van der Waals surface area contributed by atoms with E-state index in [-0.39, 0.29) is 0 Å². The van der Waals surface area contributed by atoms with Crippen molar-refractivity contribution < 1.29 is 8.83 Å². The standard InChI is InChI=1S/C59H36N4O2/c1-2-12-35(13-3-1)36-22-24-37(25-23-36)57-60-58(42-26-29-54-48(32-42)44-19-9-10-20-52(44)64-54)62-59(61-57)55-49(28-27-45-43-18-8-11-21-53(43)65-56(45)55)63-50-33-40-16-6-4-14-38(40)30-46(50)47-31-39-15-5-7-17-41(39)34-51(47)63/h1-34,57H,(H,60,61,62). The van der Waals surface area contributed by atoms with Crippen LogP contribution < -0.4 is 5.32 Å². The Bertz CT molecular complexity index is 4060. The first kappa shape index (κ1) is 35.8. The minimum atomic E-state index is -0.474. The van der Waals surface area contributed by atoms with Crippen LogP contribution in [0.15, 0.2) is 225 Å². The number of benzene rings is 10. The van der Waals surface area contributed by atoms with Crippen LogP contribution in [0, 0.1) is 0 Å². The number of aliphatic imine (C=N–C) groups is 2. The van der Waals surface area contributed by atoms with Gasteiger partial charge in [0.1, 0.15) is 34.3 Å². The van der Waals surface area contributed by atoms with Crippen LogP contribution in [-0.4, -0.2) is 16.2 Å². The summed E-state index contributed by atoms with van der Waals surface area (Å²) >= 11 is 0. The molecule has 3 aromatic heterocycles. The third-order valence-corrected chi connectivity index (χ3v) is 13.2. The van der Waals surface area contributed by atoms with Gasteiger partial charge in [-0.2, -0.15) is 0 Å². The molecule has 0 spiro atoms. The summed E-state index contributed by atoms with van der Waals surface area (Å²) in [6, 6.07) is 72.9. The zero-order valence-electron chi connectivity index (χ0n) is 34.9. The third kappa shape index (κ3) is 5.60. The number of nitrogens with zero attached hydrogens (tertiary/aromatic N) is 3. The van der Waals surface area contributed by atoms with Crippen LogP contribution in [0.3, 0.4) is 0 Å². The Balaban J connectivity index is 1.05. The molecule has 6 heteroatoms. The Kier molecular flexibility index (Phi) is 7.65. The van der Waals surface area contributed by atoms with Gasteiger partial charge in [0.25, 0.3) is 0 Å². The smallest absolute Gasteiger partial charge is 0.159 e. The highest BCUT2D eigenvalue weighted by Gasteiger charge is 2.29. The molecule has 13 aromatic rings. The molecule has 0 saturated heterocycles. The molecule has 1 aliphatic rings. The highest BCUT2D eigenvalue weighted by atomic mass is 16.3. The monoisotopic (exact) mass is 832 g/mol. The van der Waals surface area contributed by atoms with Crippen LogP contribution in [0.1, 0.15) is 22.9 Å². The van der Waals surface area contributed by atoms with Gasteiger partial charge in [-0.25, -0.2) is 9.98 Å². The first-order valence-corrected chi connectivity index (χ1v) is 22.0. The van der Waals surface area contributed by atoms with Gasteiger partial charge in [0.05, 0.1) is 22.3 Å². The number of para-hydroxylation sites is 2. The summed E-state index contributed by atoms with van der Waals surface area (Å²) in [5, 5.41) is 15.1. The summed E-state index contributed by atoms with van der Waals surface area (Å²) in [5.74, 6) is 1.28. The lowest BCUT2D eigenvalue weighted by Gasteiger charge is -2.25. The number of aromatic nitrogens is 1. The van der Waals surface area contributed by atoms with Gasteiger partial charge in [-0.05, 0) is 105 Å². The lowest BCUT2D eigenvalue weighted by atomic mass is 10.0. The minimum Gasteiger partial charge on any atom is -0.456 e. The first-order valence-electron chi connectivity index (χ1n) is 22.0. The fraction of sp³-hybridized carbons (Fsp3) is 0.0169. The predicted octanol–water partition coefficient (Wildman–Crippen LogP) is 15.1. The van der Waals surface area contributed by atoms with Crippen molar-refractivity contribution >= 4 is 98.9 Å². The van der Waals surface area contributed by atoms with Gasteiger partial charge in [0.15, 0.2) is 5.84 Å². The van der Waals surface area contributed by atoms with Gasteiger partial charge in [0.2, 0.25) is 0 Å². The highest BCUT2D eigenvalue weighted by molar-refractivity contribution is 6.23. The molecule has 1 unspecified atom stereocenters. The van der Waals surface area contributed by atoms with Gasteiger partial charge < -0.3 is 18.7 Å². The van der Waals surface area contributed by atoms with Crippen LogP contribution in [0.2, 0.25) is 0 Å². The van der Waals surface area contributed by atoms with Gasteiger partial charge in [0, 0.05) is 37.9 Å². The summed E-state index contributed by atoms with van der Waals surface area (Å²) in [5.41, 5.74) is 11.4. The van der Waals surface area contributed by atoms with Crippen molar-refractivity contribution in [2.45, 2.75) is 6.17 Å². The third-order valence-electron chi connectivity index (χ3n) is 13.2. The molecular formula is C59H36N4O2. The van der Waals surface area contributed by atoms with Gasteiger partial charge in [-0.15, -0.1) is 0 Å². The van der Waals surface area contributed by atoms with Crippen LogP contribution in [-0.2, 0) is 0 Å². The van der Waals surface area contributed by atoms with Crippen molar-refractivity contribution in [2.75, 3.05) is 0 Å². The Morgan fingerprint density at radius 2 is 0.969 bits per heavy atom. The van der Waals surface area contributed by atoms with E-state index < -0.39 is 6.17 Å². The second kappa shape index (κ2) is 13.9. The van der Waals surface area contributed by atoms with Gasteiger partial charge in [-0.3, -0.25) is 0 Å². The zero-order valence-corrected chi connectivity index (χ0v) is 34.9. The predicted molar refractivity (Wildman–Crippen MR) is 268 cm³/mol. The van der Waals surface area contributed by atoms with Crippen molar-refractivity contribution in [2.24, 2.45) is 9.98 Å². The highest BCUT2D eigenvalue weighted by Crippen LogP contribution is 2.42. The van der Waals surface area contributed by atoms with Crippen molar-refractivity contribution in [3.8, 4) is 16.8 Å². The molecule has 65 heavy (non-hydrogen) atoms. The number of rotatable bonds is 5. The largest absolute Gasteiger partial charge is 0.456 e. The fourth-order valence-corrected chi connectivity index (χ4v) is 10.1. The molecule has 6 nitrogen and oxygen atoms in total. The maximum Gasteiger partial charge on any atom is 0.159 e. The second-order valence-corrected chi connectivity index (χ2v) is 17.0. The van der Waals surface area contributed by atoms with E-state index in [1.165, 1.54) is 32.3 Å². The van der Waals surface area contributed by atoms with E-state index in [9.17, 15) is 0 Å². The molecule has 0 fully saturated rings. The van der Waals surface area contributed by atoms with E-state index in [2.05, 4.69) is 174 Å². The average molecular weight is 833 g/mol. The fourth-order valence-electron chi connectivity index (χ4n) is 10.1.